The minimum Gasteiger partial charge on any atom is -0.378 e. The molecular formula is C14H11ClN2S. The summed E-state index contributed by atoms with van der Waals surface area (Å²) in [6.07, 6.45) is 1.79. The summed E-state index contributed by atoms with van der Waals surface area (Å²) in [6.45, 7) is 0.810. The SMILES string of the molecule is Clc1ccc(NCc2cccs2)c2ncccc12. The molecule has 0 saturated heterocycles. The summed E-state index contributed by atoms with van der Waals surface area (Å²) in [4.78, 5) is 5.70. The third-order valence-electron chi connectivity index (χ3n) is 2.75. The van der Waals surface area contributed by atoms with Gasteiger partial charge in [-0.25, -0.2) is 0 Å². The van der Waals surface area contributed by atoms with Crippen molar-refractivity contribution in [2.24, 2.45) is 0 Å². The second-order valence-corrected chi connectivity index (χ2v) is 5.37. The van der Waals surface area contributed by atoms with Gasteiger partial charge in [-0.05, 0) is 35.7 Å². The molecule has 0 aliphatic heterocycles. The van der Waals surface area contributed by atoms with Crippen molar-refractivity contribution in [2.45, 2.75) is 6.54 Å². The number of pyridine rings is 1. The average Bonchev–Trinajstić information content (AvgIpc) is 2.92. The summed E-state index contributed by atoms with van der Waals surface area (Å²) < 4.78 is 0. The highest BCUT2D eigenvalue weighted by Gasteiger charge is 2.05. The number of hydrogen-bond acceptors (Lipinski definition) is 3. The van der Waals surface area contributed by atoms with E-state index in [1.54, 1.807) is 17.5 Å². The third kappa shape index (κ3) is 2.19. The summed E-state index contributed by atoms with van der Waals surface area (Å²) in [5, 5.41) is 7.20. The van der Waals surface area contributed by atoms with E-state index in [2.05, 4.69) is 27.8 Å². The number of nitrogens with one attached hydrogen (secondary N) is 1. The summed E-state index contributed by atoms with van der Waals surface area (Å²) in [5.74, 6) is 0. The Morgan fingerprint density at radius 1 is 1.17 bits per heavy atom. The monoisotopic (exact) mass is 274 g/mol. The zero-order valence-corrected chi connectivity index (χ0v) is 11.1. The van der Waals surface area contributed by atoms with Gasteiger partial charge in [0.2, 0.25) is 0 Å². The first-order valence-corrected chi connectivity index (χ1v) is 6.90. The number of rotatable bonds is 3. The fourth-order valence-corrected chi connectivity index (χ4v) is 2.74. The molecule has 0 unspecified atom stereocenters. The zero-order chi connectivity index (χ0) is 12.4. The van der Waals surface area contributed by atoms with Crippen molar-refractivity contribution in [2.75, 3.05) is 5.32 Å². The number of nitrogens with zero attached hydrogens (tertiary/aromatic N) is 1. The number of halogens is 1. The van der Waals surface area contributed by atoms with Gasteiger partial charge in [-0.15, -0.1) is 11.3 Å². The smallest absolute Gasteiger partial charge is 0.0948 e. The standard InChI is InChI=1S/C14H11ClN2S/c15-12-5-6-13(14-11(12)4-1-7-16-14)17-9-10-3-2-8-18-10/h1-8,17H,9H2. The fraction of sp³-hybridized carbons (Fsp3) is 0.0714. The van der Waals surface area contributed by atoms with Crippen LogP contribution >= 0.6 is 22.9 Å². The van der Waals surface area contributed by atoms with Crippen LogP contribution in [0.3, 0.4) is 0 Å². The van der Waals surface area contributed by atoms with Crippen LogP contribution < -0.4 is 5.32 Å². The van der Waals surface area contributed by atoms with Crippen LogP contribution in [0.4, 0.5) is 5.69 Å². The molecule has 4 heteroatoms. The quantitative estimate of drug-likeness (QED) is 0.757. The normalized spacial score (nSPS) is 10.7. The van der Waals surface area contributed by atoms with E-state index in [-0.39, 0.29) is 0 Å². The molecule has 1 N–H and O–H groups in total. The van der Waals surface area contributed by atoms with E-state index in [0.717, 1.165) is 28.2 Å². The Balaban J connectivity index is 1.94. The van der Waals surface area contributed by atoms with Crippen LogP contribution in [-0.4, -0.2) is 4.98 Å². The molecule has 0 atom stereocenters. The second-order valence-electron chi connectivity index (χ2n) is 3.93. The lowest BCUT2D eigenvalue weighted by molar-refractivity contribution is 1.19. The molecule has 0 radical (unpaired) electrons. The van der Waals surface area contributed by atoms with E-state index < -0.39 is 0 Å². The molecule has 2 heterocycles. The Hall–Kier alpha value is -1.58. The molecule has 3 aromatic rings. The van der Waals surface area contributed by atoms with E-state index in [4.69, 9.17) is 11.6 Å². The molecule has 0 spiro atoms. The molecule has 0 aliphatic rings. The summed E-state index contributed by atoms with van der Waals surface area (Å²) in [6, 6.07) is 11.9. The van der Waals surface area contributed by atoms with Gasteiger partial charge in [-0.3, -0.25) is 4.98 Å². The van der Waals surface area contributed by atoms with Crippen LogP contribution in [0.15, 0.2) is 48.0 Å². The number of fused-ring (bicyclic) bond motifs is 1. The lowest BCUT2D eigenvalue weighted by Crippen LogP contribution is -1.98. The lowest BCUT2D eigenvalue weighted by Gasteiger charge is -2.09. The molecule has 2 aromatic heterocycles. The van der Waals surface area contributed by atoms with E-state index >= 15 is 0 Å². The van der Waals surface area contributed by atoms with Crippen molar-refractivity contribution >= 4 is 39.5 Å². The van der Waals surface area contributed by atoms with Crippen LogP contribution in [0.1, 0.15) is 4.88 Å². The van der Waals surface area contributed by atoms with Crippen LogP contribution in [0, 0.1) is 0 Å². The molecule has 3 rings (SSSR count). The maximum atomic E-state index is 6.16. The maximum absolute atomic E-state index is 6.16. The highest BCUT2D eigenvalue weighted by Crippen LogP contribution is 2.28. The van der Waals surface area contributed by atoms with Gasteiger partial charge in [0.25, 0.3) is 0 Å². The van der Waals surface area contributed by atoms with E-state index in [1.807, 2.05) is 24.3 Å². The number of aromatic nitrogens is 1. The van der Waals surface area contributed by atoms with E-state index in [9.17, 15) is 0 Å². The minimum absolute atomic E-state index is 0.736. The molecular weight excluding hydrogens is 264 g/mol. The molecule has 18 heavy (non-hydrogen) atoms. The zero-order valence-electron chi connectivity index (χ0n) is 9.56. The Kier molecular flexibility index (Phi) is 3.17. The highest BCUT2D eigenvalue weighted by atomic mass is 35.5. The first-order valence-electron chi connectivity index (χ1n) is 5.64. The van der Waals surface area contributed by atoms with E-state index in [1.165, 1.54) is 4.88 Å². The van der Waals surface area contributed by atoms with Crippen molar-refractivity contribution in [1.29, 1.82) is 0 Å². The van der Waals surface area contributed by atoms with Gasteiger partial charge in [0, 0.05) is 23.0 Å². The molecule has 0 saturated carbocycles. The predicted octanol–water partition coefficient (Wildman–Crippen LogP) is 4.56. The Morgan fingerprint density at radius 3 is 2.94 bits per heavy atom. The van der Waals surface area contributed by atoms with Crippen LogP contribution in [0.2, 0.25) is 5.02 Å². The van der Waals surface area contributed by atoms with Crippen molar-refractivity contribution in [1.82, 2.24) is 4.98 Å². The van der Waals surface area contributed by atoms with Crippen LogP contribution in [-0.2, 0) is 6.54 Å². The fourth-order valence-electron chi connectivity index (χ4n) is 1.88. The minimum atomic E-state index is 0.736. The van der Waals surface area contributed by atoms with Crippen LogP contribution in [0.25, 0.3) is 10.9 Å². The Labute approximate surface area is 114 Å². The number of hydrogen-bond donors (Lipinski definition) is 1. The second kappa shape index (κ2) is 4.96. The van der Waals surface area contributed by atoms with Gasteiger partial charge in [-0.2, -0.15) is 0 Å². The first kappa shape index (κ1) is 11.5. The van der Waals surface area contributed by atoms with Gasteiger partial charge in [0.05, 0.1) is 16.2 Å². The molecule has 90 valence electrons. The van der Waals surface area contributed by atoms with Crippen LogP contribution in [0.5, 0.6) is 0 Å². The molecule has 0 bridgehead atoms. The topological polar surface area (TPSA) is 24.9 Å². The maximum Gasteiger partial charge on any atom is 0.0948 e. The van der Waals surface area contributed by atoms with Gasteiger partial charge in [0.1, 0.15) is 0 Å². The van der Waals surface area contributed by atoms with Gasteiger partial charge in [0.15, 0.2) is 0 Å². The molecule has 0 fully saturated rings. The molecule has 2 nitrogen and oxygen atoms in total. The summed E-state index contributed by atoms with van der Waals surface area (Å²) in [7, 11) is 0. The van der Waals surface area contributed by atoms with Crippen molar-refractivity contribution in [3.05, 3.63) is 57.9 Å². The largest absolute Gasteiger partial charge is 0.378 e. The Bertz CT molecular complexity index is 665. The van der Waals surface area contributed by atoms with Gasteiger partial charge in [-0.1, -0.05) is 17.7 Å². The van der Waals surface area contributed by atoms with E-state index in [0.29, 0.717) is 0 Å². The number of benzene rings is 1. The number of anilines is 1. The molecule has 0 amide bonds. The van der Waals surface area contributed by atoms with Crippen molar-refractivity contribution in [3.8, 4) is 0 Å². The third-order valence-corrected chi connectivity index (χ3v) is 3.96. The summed E-state index contributed by atoms with van der Waals surface area (Å²) >= 11 is 7.90. The molecule has 1 aromatic carbocycles. The highest BCUT2D eigenvalue weighted by molar-refractivity contribution is 7.09. The van der Waals surface area contributed by atoms with Gasteiger partial charge >= 0.3 is 0 Å². The van der Waals surface area contributed by atoms with Crippen molar-refractivity contribution < 1.29 is 0 Å². The average molecular weight is 275 g/mol. The Morgan fingerprint density at radius 2 is 2.11 bits per heavy atom. The number of thiophene rings is 1. The predicted molar refractivity (Wildman–Crippen MR) is 78.4 cm³/mol. The molecule has 0 aliphatic carbocycles. The summed E-state index contributed by atoms with van der Waals surface area (Å²) in [5.41, 5.74) is 1.94. The lowest BCUT2D eigenvalue weighted by atomic mass is 10.2. The van der Waals surface area contributed by atoms with Gasteiger partial charge < -0.3 is 5.32 Å². The first-order chi connectivity index (χ1) is 8.84. The van der Waals surface area contributed by atoms with Crippen molar-refractivity contribution in [3.63, 3.8) is 0 Å².